The summed E-state index contributed by atoms with van der Waals surface area (Å²) >= 11 is 0. The van der Waals surface area contributed by atoms with E-state index >= 15 is 0 Å². The van der Waals surface area contributed by atoms with Crippen LogP contribution < -0.4 is 15.6 Å². The smallest absolute Gasteiger partial charge is 0.284 e. The lowest BCUT2D eigenvalue weighted by Gasteiger charge is -2.28. The Balaban J connectivity index is 1.78. The van der Waals surface area contributed by atoms with E-state index in [1.54, 1.807) is 6.08 Å². The molecule has 1 atom stereocenters. The Morgan fingerprint density at radius 2 is 1.70 bits per heavy atom. The number of aromatic nitrogens is 1. The fourth-order valence-corrected chi connectivity index (χ4v) is 5.46. The van der Waals surface area contributed by atoms with Crippen molar-refractivity contribution in [1.29, 1.82) is 0 Å². The van der Waals surface area contributed by atoms with E-state index in [2.05, 4.69) is 4.98 Å². The van der Waals surface area contributed by atoms with E-state index < -0.39 is 7.37 Å². The van der Waals surface area contributed by atoms with E-state index in [1.807, 2.05) is 78.6 Å². The Morgan fingerprint density at radius 3 is 2.37 bits per heavy atom. The Hall–Kier alpha value is -2.66. The molecule has 4 rings (SSSR count). The summed E-state index contributed by atoms with van der Waals surface area (Å²) < 4.78 is 31.6. The molecule has 0 spiro atoms. The highest BCUT2D eigenvalue weighted by atomic mass is 31.2. The lowest BCUT2D eigenvalue weighted by Crippen LogP contribution is -2.39. The number of hydrogen-bond donors (Lipinski definition) is 0. The van der Waals surface area contributed by atoms with Gasteiger partial charge >= 0.3 is 0 Å². The van der Waals surface area contributed by atoms with Crippen LogP contribution in [-0.4, -0.2) is 37.9 Å². The van der Waals surface area contributed by atoms with E-state index in [1.165, 1.54) is 0 Å². The lowest BCUT2D eigenvalue weighted by molar-refractivity contribution is 0.121. The molecule has 0 radical (unpaired) electrons. The van der Waals surface area contributed by atoms with Gasteiger partial charge in [-0.25, -0.2) is 4.98 Å². The van der Waals surface area contributed by atoms with E-state index in [-0.39, 0.29) is 0 Å². The minimum atomic E-state index is -3.42. The number of hydrogen-bond acceptors (Lipinski definition) is 6. The normalized spacial score (nSPS) is 16.6. The second-order valence-electron chi connectivity index (χ2n) is 6.83. The highest BCUT2D eigenvalue weighted by Crippen LogP contribution is 2.47. The van der Waals surface area contributed by atoms with Crippen molar-refractivity contribution >= 4 is 36.1 Å². The SMILES string of the molecule is CCOP(=O)(c1ccccc1)c1nc(C=Cc2ccccc2)oc1N1CCOCC1. The number of morpholine rings is 1. The molecule has 0 aliphatic carbocycles. The summed E-state index contributed by atoms with van der Waals surface area (Å²) in [5.41, 5.74) is 1.38. The summed E-state index contributed by atoms with van der Waals surface area (Å²) in [6.07, 6.45) is 3.72. The van der Waals surface area contributed by atoms with Crippen molar-refractivity contribution in [2.75, 3.05) is 37.8 Å². The highest BCUT2D eigenvalue weighted by molar-refractivity contribution is 7.74. The van der Waals surface area contributed by atoms with Crippen molar-refractivity contribution in [3.63, 3.8) is 0 Å². The highest BCUT2D eigenvalue weighted by Gasteiger charge is 2.37. The quantitative estimate of drug-likeness (QED) is 0.535. The maximum absolute atomic E-state index is 14.1. The molecule has 2 heterocycles. The van der Waals surface area contributed by atoms with Gasteiger partial charge < -0.3 is 18.6 Å². The van der Waals surface area contributed by atoms with Gasteiger partial charge in [-0.2, -0.15) is 0 Å². The second-order valence-corrected chi connectivity index (χ2v) is 9.13. The Bertz CT molecular complexity index is 1030. The van der Waals surface area contributed by atoms with Crippen LogP contribution in [0, 0.1) is 0 Å². The van der Waals surface area contributed by atoms with Crippen LogP contribution in [0.4, 0.5) is 5.88 Å². The molecule has 6 nitrogen and oxygen atoms in total. The molecular weight excluding hydrogens is 399 g/mol. The molecule has 1 aliphatic rings. The second kappa shape index (κ2) is 9.43. The fourth-order valence-electron chi connectivity index (χ4n) is 3.35. The van der Waals surface area contributed by atoms with Gasteiger partial charge in [0, 0.05) is 24.5 Å². The molecule has 0 saturated carbocycles. The monoisotopic (exact) mass is 424 g/mol. The standard InChI is InChI=1S/C23H25N2O4P/c1-2-28-30(26,20-11-7-4-8-12-20)22-23(25-15-17-27-18-16-25)29-21(24-22)14-13-19-9-5-3-6-10-19/h3-14H,2,15-18H2,1H3. The van der Waals surface area contributed by atoms with Crippen LogP contribution >= 0.6 is 7.37 Å². The summed E-state index contributed by atoms with van der Waals surface area (Å²) in [6.45, 7) is 4.59. The van der Waals surface area contributed by atoms with Crippen LogP contribution in [0.25, 0.3) is 12.2 Å². The largest absolute Gasteiger partial charge is 0.420 e. The zero-order valence-electron chi connectivity index (χ0n) is 16.9. The molecule has 7 heteroatoms. The van der Waals surface area contributed by atoms with Crippen molar-refractivity contribution in [1.82, 2.24) is 4.98 Å². The van der Waals surface area contributed by atoms with Gasteiger partial charge in [0.15, 0.2) is 5.44 Å². The molecule has 1 aliphatic heterocycles. The third kappa shape index (κ3) is 4.41. The van der Waals surface area contributed by atoms with Crippen LogP contribution in [-0.2, 0) is 13.8 Å². The number of benzene rings is 2. The lowest BCUT2D eigenvalue weighted by atomic mass is 10.2. The van der Waals surface area contributed by atoms with Gasteiger partial charge in [-0.15, -0.1) is 0 Å². The minimum absolute atomic E-state index is 0.302. The Morgan fingerprint density at radius 1 is 1.03 bits per heavy atom. The van der Waals surface area contributed by atoms with Crippen LogP contribution in [0.3, 0.4) is 0 Å². The van der Waals surface area contributed by atoms with Gasteiger partial charge in [-0.05, 0) is 30.7 Å². The first kappa shape index (κ1) is 20.6. The first-order valence-electron chi connectivity index (χ1n) is 10.1. The van der Waals surface area contributed by atoms with Crippen LogP contribution in [0.15, 0.2) is 65.1 Å². The number of nitrogens with zero attached hydrogens (tertiary/aromatic N) is 2. The van der Waals surface area contributed by atoms with Crippen molar-refractivity contribution < 1.29 is 18.2 Å². The van der Waals surface area contributed by atoms with Crippen LogP contribution in [0.2, 0.25) is 0 Å². The van der Waals surface area contributed by atoms with E-state index in [0.717, 1.165) is 5.56 Å². The van der Waals surface area contributed by atoms with Crippen molar-refractivity contribution in [2.24, 2.45) is 0 Å². The van der Waals surface area contributed by atoms with Crippen LogP contribution in [0.5, 0.6) is 0 Å². The summed E-state index contributed by atoms with van der Waals surface area (Å²) in [5, 5.41) is 0.605. The molecule has 1 fully saturated rings. The van der Waals surface area contributed by atoms with Crippen molar-refractivity contribution in [3.8, 4) is 0 Å². The van der Waals surface area contributed by atoms with E-state index in [9.17, 15) is 4.57 Å². The van der Waals surface area contributed by atoms with E-state index in [0.29, 0.717) is 55.4 Å². The molecule has 1 unspecified atom stereocenters. The van der Waals surface area contributed by atoms with Crippen molar-refractivity contribution in [3.05, 3.63) is 72.1 Å². The summed E-state index contributed by atoms with van der Waals surface area (Å²) in [6, 6.07) is 19.1. The number of rotatable bonds is 7. The first-order valence-corrected chi connectivity index (χ1v) is 11.7. The molecule has 0 N–H and O–H groups in total. The molecule has 1 aromatic heterocycles. The summed E-state index contributed by atoms with van der Waals surface area (Å²) in [4.78, 5) is 6.67. The zero-order chi connectivity index (χ0) is 20.8. The van der Waals surface area contributed by atoms with Gasteiger partial charge in [-0.1, -0.05) is 48.5 Å². The molecule has 156 valence electrons. The zero-order valence-corrected chi connectivity index (χ0v) is 17.8. The molecular formula is C23H25N2O4P. The van der Waals surface area contributed by atoms with Gasteiger partial charge in [0.2, 0.25) is 11.8 Å². The number of anilines is 1. The average Bonchev–Trinajstić information content (AvgIpc) is 3.25. The summed E-state index contributed by atoms with van der Waals surface area (Å²) in [7, 11) is -3.42. The van der Waals surface area contributed by atoms with E-state index in [4.69, 9.17) is 13.7 Å². The fraction of sp³-hybridized carbons (Fsp3) is 0.261. The maximum Gasteiger partial charge on any atom is 0.284 e. The molecule has 0 amide bonds. The van der Waals surface area contributed by atoms with Crippen LogP contribution in [0.1, 0.15) is 18.4 Å². The topological polar surface area (TPSA) is 64.8 Å². The van der Waals surface area contributed by atoms with Gasteiger partial charge in [-0.3, -0.25) is 4.57 Å². The first-order chi connectivity index (χ1) is 14.7. The molecule has 30 heavy (non-hydrogen) atoms. The van der Waals surface area contributed by atoms with Gasteiger partial charge in [0.1, 0.15) is 0 Å². The molecule has 2 aromatic carbocycles. The Labute approximate surface area is 176 Å². The number of ether oxygens (including phenoxy) is 1. The third-order valence-electron chi connectivity index (χ3n) is 4.81. The molecule has 0 bridgehead atoms. The van der Waals surface area contributed by atoms with Crippen molar-refractivity contribution in [2.45, 2.75) is 6.92 Å². The minimum Gasteiger partial charge on any atom is -0.420 e. The predicted molar refractivity (Wildman–Crippen MR) is 120 cm³/mol. The van der Waals surface area contributed by atoms with Gasteiger partial charge in [0.05, 0.1) is 19.8 Å². The Kier molecular flexibility index (Phi) is 6.48. The number of oxazole rings is 1. The molecule has 3 aromatic rings. The summed E-state index contributed by atoms with van der Waals surface area (Å²) in [5.74, 6) is 0.887. The maximum atomic E-state index is 14.1. The molecule has 1 saturated heterocycles. The van der Waals surface area contributed by atoms with Gasteiger partial charge in [0.25, 0.3) is 7.37 Å². The average molecular weight is 424 g/mol. The third-order valence-corrected chi connectivity index (χ3v) is 7.26. The predicted octanol–water partition coefficient (Wildman–Crippen LogP) is 3.95.